The van der Waals surface area contributed by atoms with Crippen molar-refractivity contribution in [3.05, 3.63) is 64.6 Å². The summed E-state index contributed by atoms with van der Waals surface area (Å²) in [5.74, 6) is 0. The number of hydrogen-bond donors (Lipinski definition) is 1. The first-order chi connectivity index (χ1) is 11.7. The summed E-state index contributed by atoms with van der Waals surface area (Å²) >= 11 is 3.46. The fourth-order valence-corrected chi connectivity index (χ4v) is 3.15. The first kappa shape index (κ1) is 16.8. The lowest BCUT2D eigenvalue weighted by Gasteiger charge is -2.36. The summed E-state index contributed by atoms with van der Waals surface area (Å²) in [5.41, 5.74) is 2.46. The van der Waals surface area contributed by atoms with Crippen LogP contribution in [0.15, 0.2) is 59.1 Å². The molecule has 1 aliphatic rings. The molecule has 0 bridgehead atoms. The number of urea groups is 1. The molecule has 1 fully saturated rings. The number of halogens is 1. The number of nitrogens with zero attached hydrogens (tertiary/aromatic N) is 2. The van der Waals surface area contributed by atoms with Gasteiger partial charge in [-0.15, -0.1) is 0 Å². The number of piperazine rings is 1. The Morgan fingerprint density at radius 2 is 1.62 bits per heavy atom. The summed E-state index contributed by atoms with van der Waals surface area (Å²) in [7, 11) is 0. The van der Waals surface area contributed by atoms with Gasteiger partial charge >= 0.3 is 6.03 Å². The van der Waals surface area contributed by atoms with Crippen LogP contribution in [-0.2, 0) is 6.42 Å². The predicted molar refractivity (Wildman–Crippen MR) is 101 cm³/mol. The number of anilines is 1. The van der Waals surface area contributed by atoms with E-state index in [-0.39, 0.29) is 6.03 Å². The van der Waals surface area contributed by atoms with Gasteiger partial charge < -0.3 is 15.1 Å². The molecule has 1 heterocycles. The van der Waals surface area contributed by atoms with Gasteiger partial charge in [-0.25, -0.2) is 4.79 Å². The van der Waals surface area contributed by atoms with Crippen molar-refractivity contribution in [2.75, 3.05) is 37.6 Å². The Balaban J connectivity index is 1.42. The molecule has 5 heteroatoms. The third-order valence-electron chi connectivity index (χ3n) is 4.29. The molecular formula is C19H22BrN3O. The van der Waals surface area contributed by atoms with Gasteiger partial charge in [0.2, 0.25) is 0 Å². The summed E-state index contributed by atoms with van der Waals surface area (Å²) in [6.45, 7) is 3.93. The van der Waals surface area contributed by atoms with E-state index in [2.05, 4.69) is 62.5 Å². The highest BCUT2D eigenvalue weighted by atomic mass is 79.9. The van der Waals surface area contributed by atoms with E-state index >= 15 is 0 Å². The second kappa shape index (κ2) is 8.20. The van der Waals surface area contributed by atoms with E-state index in [1.54, 1.807) is 0 Å². The van der Waals surface area contributed by atoms with Crippen LogP contribution in [0.3, 0.4) is 0 Å². The van der Waals surface area contributed by atoms with Crippen LogP contribution in [-0.4, -0.2) is 43.7 Å². The van der Waals surface area contributed by atoms with E-state index in [9.17, 15) is 4.79 Å². The Kier molecular flexibility index (Phi) is 5.75. The molecule has 0 saturated carbocycles. The first-order valence-electron chi connectivity index (χ1n) is 8.29. The van der Waals surface area contributed by atoms with Crippen LogP contribution in [0.4, 0.5) is 10.5 Å². The number of benzene rings is 2. The normalized spacial score (nSPS) is 14.5. The molecular weight excluding hydrogens is 366 g/mol. The fraction of sp³-hybridized carbons (Fsp3) is 0.316. The number of carbonyl (C=O) groups excluding carboxylic acids is 1. The average molecular weight is 388 g/mol. The number of nitrogens with one attached hydrogen (secondary N) is 1. The van der Waals surface area contributed by atoms with E-state index in [1.165, 1.54) is 11.3 Å². The van der Waals surface area contributed by atoms with Crippen molar-refractivity contribution in [2.24, 2.45) is 0 Å². The second-order valence-electron chi connectivity index (χ2n) is 5.92. The Bertz CT molecular complexity index is 652. The minimum Gasteiger partial charge on any atom is -0.368 e. The van der Waals surface area contributed by atoms with Crippen molar-refractivity contribution in [1.82, 2.24) is 10.2 Å². The summed E-state index contributed by atoms with van der Waals surface area (Å²) in [6.07, 6.45) is 0.867. The highest BCUT2D eigenvalue weighted by molar-refractivity contribution is 9.10. The summed E-state index contributed by atoms with van der Waals surface area (Å²) in [4.78, 5) is 16.5. The third-order valence-corrected chi connectivity index (χ3v) is 4.82. The van der Waals surface area contributed by atoms with Crippen molar-refractivity contribution >= 4 is 27.6 Å². The van der Waals surface area contributed by atoms with Gasteiger partial charge in [-0.3, -0.25) is 0 Å². The molecule has 2 amide bonds. The Hall–Kier alpha value is -2.01. The minimum atomic E-state index is 0.0430. The summed E-state index contributed by atoms with van der Waals surface area (Å²) < 4.78 is 1.09. The lowest BCUT2D eigenvalue weighted by Crippen LogP contribution is -2.52. The molecule has 1 saturated heterocycles. The van der Waals surface area contributed by atoms with Gasteiger partial charge in [0.15, 0.2) is 0 Å². The molecule has 0 spiro atoms. The van der Waals surface area contributed by atoms with Crippen LogP contribution in [0, 0.1) is 0 Å². The zero-order chi connectivity index (χ0) is 16.8. The van der Waals surface area contributed by atoms with E-state index in [1.807, 2.05) is 23.1 Å². The SMILES string of the molecule is O=C(NCCc1ccccc1)N1CCN(c2ccc(Br)cc2)CC1. The Morgan fingerprint density at radius 1 is 0.958 bits per heavy atom. The molecule has 1 N–H and O–H groups in total. The number of carbonyl (C=O) groups is 1. The molecule has 0 unspecified atom stereocenters. The van der Waals surface area contributed by atoms with E-state index in [4.69, 9.17) is 0 Å². The van der Waals surface area contributed by atoms with Gasteiger partial charge in [0, 0.05) is 42.9 Å². The molecule has 0 aromatic heterocycles. The van der Waals surface area contributed by atoms with E-state index in [0.717, 1.165) is 37.1 Å². The van der Waals surface area contributed by atoms with Gasteiger partial charge in [-0.2, -0.15) is 0 Å². The summed E-state index contributed by atoms with van der Waals surface area (Å²) in [6, 6.07) is 18.6. The maximum atomic E-state index is 12.3. The zero-order valence-corrected chi connectivity index (χ0v) is 15.2. The second-order valence-corrected chi connectivity index (χ2v) is 6.83. The molecule has 3 rings (SSSR count). The van der Waals surface area contributed by atoms with Crippen molar-refractivity contribution in [3.8, 4) is 0 Å². The van der Waals surface area contributed by atoms with Crippen molar-refractivity contribution in [2.45, 2.75) is 6.42 Å². The van der Waals surface area contributed by atoms with Crippen molar-refractivity contribution in [3.63, 3.8) is 0 Å². The zero-order valence-electron chi connectivity index (χ0n) is 13.6. The molecule has 126 valence electrons. The Morgan fingerprint density at radius 3 is 2.29 bits per heavy atom. The monoisotopic (exact) mass is 387 g/mol. The maximum absolute atomic E-state index is 12.3. The first-order valence-corrected chi connectivity index (χ1v) is 9.09. The lowest BCUT2D eigenvalue weighted by molar-refractivity contribution is 0.194. The van der Waals surface area contributed by atoms with Gasteiger partial charge in [0.25, 0.3) is 0 Å². The van der Waals surface area contributed by atoms with Crippen molar-refractivity contribution in [1.29, 1.82) is 0 Å². The number of rotatable bonds is 4. The highest BCUT2D eigenvalue weighted by Crippen LogP contribution is 2.19. The van der Waals surface area contributed by atoms with Crippen molar-refractivity contribution < 1.29 is 4.79 Å². The number of hydrogen-bond acceptors (Lipinski definition) is 2. The van der Waals surface area contributed by atoms with Crippen LogP contribution in [0.5, 0.6) is 0 Å². The molecule has 0 radical (unpaired) electrons. The average Bonchev–Trinajstić information content (AvgIpc) is 2.63. The predicted octanol–water partition coefficient (Wildman–Crippen LogP) is 3.52. The molecule has 0 aliphatic carbocycles. The molecule has 2 aromatic carbocycles. The lowest BCUT2D eigenvalue weighted by atomic mass is 10.1. The quantitative estimate of drug-likeness (QED) is 0.870. The topological polar surface area (TPSA) is 35.6 Å². The maximum Gasteiger partial charge on any atom is 0.317 e. The van der Waals surface area contributed by atoms with Gasteiger partial charge in [-0.05, 0) is 36.2 Å². The van der Waals surface area contributed by atoms with Crippen LogP contribution in [0.2, 0.25) is 0 Å². The van der Waals surface area contributed by atoms with Crippen LogP contribution in [0.1, 0.15) is 5.56 Å². The highest BCUT2D eigenvalue weighted by Gasteiger charge is 2.20. The minimum absolute atomic E-state index is 0.0430. The molecule has 24 heavy (non-hydrogen) atoms. The van der Waals surface area contributed by atoms with Crippen LogP contribution >= 0.6 is 15.9 Å². The number of amides is 2. The van der Waals surface area contributed by atoms with Gasteiger partial charge in [0.1, 0.15) is 0 Å². The molecule has 4 nitrogen and oxygen atoms in total. The third kappa shape index (κ3) is 4.51. The molecule has 1 aliphatic heterocycles. The van der Waals surface area contributed by atoms with Crippen LogP contribution in [0.25, 0.3) is 0 Å². The Labute approximate surface area is 151 Å². The van der Waals surface area contributed by atoms with Gasteiger partial charge in [0.05, 0.1) is 0 Å². The summed E-state index contributed by atoms with van der Waals surface area (Å²) in [5, 5.41) is 3.03. The standard InChI is InChI=1S/C19H22BrN3O/c20-17-6-8-18(9-7-17)22-12-14-23(15-13-22)19(24)21-11-10-16-4-2-1-3-5-16/h1-9H,10-15H2,(H,21,24). The molecule has 0 atom stereocenters. The van der Waals surface area contributed by atoms with E-state index < -0.39 is 0 Å². The van der Waals surface area contributed by atoms with Crippen LogP contribution < -0.4 is 10.2 Å². The van der Waals surface area contributed by atoms with E-state index in [0.29, 0.717) is 6.54 Å². The fourth-order valence-electron chi connectivity index (χ4n) is 2.89. The largest absolute Gasteiger partial charge is 0.368 e. The van der Waals surface area contributed by atoms with Gasteiger partial charge in [-0.1, -0.05) is 46.3 Å². The smallest absolute Gasteiger partial charge is 0.317 e. The molecule has 2 aromatic rings.